The van der Waals surface area contributed by atoms with Crippen LogP contribution in [0.15, 0.2) is 53.4 Å². The van der Waals surface area contributed by atoms with Crippen LogP contribution in [0.2, 0.25) is 0 Å². The molecule has 0 aromatic heterocycles. The van der Waals surface area contributed by atoms with E-state index in [1.165, 1.54) is 63.5 Å². The Hall–Kier alpha value is -3.05. The van der Waals surface area contributed by atoms with Crippen LogP contribution in [0.1, 0.15) is 18.1 Å². The molecule has 31 heavy (non-hydrogen) atoms. The van der Waals surface area contributed by atoms with Crippen molar-refractivity contribution in [1.29, 1.82) is 0 Å². The van der Waals surface area contributed by atoms with Crippen LogP contribution in [0.5, 0.6) is 5.75 Å². The van der Waals surface area contributed by atoms with Crippen molar-refractivity contribution in [3.63, 3.8) is 0 Å². The minimum atomic E-state index is -3.67. The van der Waals surface area contributed by atoms with Crippen molar-refractivity contribution >= 4 is 22.0 Å². The first-order valence-electron chi connectivity index (χ1n) is 9.16. The van der Waals surface area contributed by atoms with Crippen molar-refractivity contribution in [3.05, 3.63) is 59.7 Å². The molecule has 166 valence electrons. The van der Waals surface area contributed by atoms with Gasteiger partial charge in [0.15, 0.2) is 0 Å². The molecule has 3 amide bonds. The largest absolute Gasteiger partial charge is 0.435 e. The summed E-state index contributed by atoms with van der Waals surface area (Å²) in [7, 11) is -0.864. The zero-order valence-corrected chi connectivity index (χ0v) is 17.8. The van der Waals surface area contributed by atoms with E-state index in [1.54, 1.807) is 6.07 Å². The number of benzene rings is 2. The molecule has 1 fully saturated rings. The van der Waals surface area contributed by atoms with Gasteiger partial charge in [0.05, 0.1) is 11.4 Å². The van der Waals surface area contributed by atoms with Gasteiger partial charge in [0.1, 0.15) is 11.3 Å². The van der Waals surface area contributed by atoms with Gasteiger partial charge in [-0.1, -0.05) is 24.3 Å². The second-order valence-corrected chi connectivity index (χ2v) is 9.44. The molecule has 1 atom stereocenters. The molecule has 1 unspecified atom stereocenters. The Morgan fingerprint density at radius 1 is 1.13 bits per heavy atom. The van der Waals surface area contributed by atoms with E-state index in [1.807, 2.05) is 0 Å². The summed E-state index contributed by atoms with van der Waals surface area (Å²) in [4.78, 5) is 26.6. The highest BCUT2D eigenvalue weighted by molar-refractivity contribution is 7.89. The maximum absolute atomic E-state index is 13.1. The van der Waals surface area contributed by atoms with E-state index in [4.69, 9.17) is 0 Å². The summed E-state index contributed by atoms with van der Waals surface area (Å²) in [6.07, 6.45) is 0. The Labute approximate surface area is 178 Å². The van der Waals surface area contributed by atoms with Crippen LogP contribution in [0.3, 0.4) is 0 Å². The standard InChI is InChI=1S/C20H21F2N3O5S/c1-20(14-7-9-15(10-8-14)30-18(21)22)17(26)25(19(27)23-20)12-13-5-4-6-16(11-13)31(28,29)24(2)3/h4-11,18H,12H2,1-3H3,(H,23,27). The zero-order chi connectivity index (χ0) is 23.0. The zero-order valence-electron chi connectivity index (χ0n) is 17.0. The van der Waals surface area contributed by atoms with Crippen LogP contribution < -0.4 is 10.1 Å². The number of alkyl halides is 2. The highest BCUT2D eigenvalue weighted by Crippen LogP contribution is 2.31. The molecule has 0 spiro atoms. The smallest absolute Gasteiger partial charge is 0.387 e. The number of amides is 3. The van der Waals surface area contributed by atoms with E-state index < -0.39 is 34.1 Å². The van der Waals surface area contributed by atoms with Gasteiger partial charge in [-0.3, -0.25) is 9.69 Å². The van der Waals surface area contributed by atoms with Crippen molar-refractivity contribution in [1.82, 2.24) is 14.5 Å². The first-order chi connectivity index (χ1) is 14.4. The summed E-state index contributed by atoms with van der Waals surface area (Å²) in [5.41, 5.74) is -0.566. The van der Waals surface area contributed by atoms with Crippen LogP contribution in [0.25, 0.3) is 0 Å². The number of nitrogens with zero attached hydrogens (tertiary/aromatic N) is 2. The maximum Gasteiger partial charge on any atom is 0.387 e. The topological polar surface area (TPSA) is 96.0 Å². The molecular formula is C20H21F2N3O5S. The highest BCUT2D eigenvalue weighted by Gasteiger charge is 2.48. The molecule has 0 bridgehead atoms. The molecule has 11 heteroatoms. The SMILES string of the molecule is CN(C)S(=O)(=O)c1cccc(CN2C(=O)NC(C)(c3ccc(OC(F)F)cc3)C2=O)c1. The van der Waals surface area contributed by atoms with Crippen molar-refractivity contribution in [2.24, 2.45) is 0 Å². The highest BCUT2D eigenvalue weighted by atomic mass is 32.2. The first-order valence-corrected chi connectivity index (χ1v) is 10.6. The van der Waals surface area contributed by atoms with Crippen LogP contribution in [0, 0.1) is 0 Å². The van der Waals surface area contributed by atoms with Crippen LogP contribution in [-0.2, 0) is 26.9 Å². The minimum Gasteiger partial charge on any atom is -0.435 e. The van der Waals surface area contributed by atoms with Crippen molar-refractivity contribution < 1.29 is 31.5 Å². The van der Waals surface area contributed by atoms with Gasteiger partial charge < -0.3 is 10.1 Å². The third-order valence-electron chi connectivity index (χ3n) is 4.95. The molecule has 2 aromatic carbocycles. The van der Waals surface area contributed by atoms with E-state index in [9.17, 15) is 26.8 Å². The van der Waals surface area contributed by atoms with Gasteiger partial charge >= 0.3 is 12.6 Å². The lowest BCUT2D eigenvalue weighted by atomic mass is 9.92. The molecule has 1 aliphatic heterocycles. The molecule has 1 saturated heterocycles. The number of carbonyl (C=O) groups is 2. The summed E-state index contributed by atoms with van der Waals surface area (Å²) < 4.78 is 54.7. The molecular weight excluding hydrogens is 432 g/mol. The number of urea groups is 1. The Morgan fingerprint density at radius 2 is 1.77 bits per heavy atom. The lowest BCUT2D eigenvalue weighted by Crippen LogP contribution is -2.40. The number of hydrogen-bond donors (Lipinski definition) is 1. The third-order valence-corrected chi connectivity index (χ3v) is 6.76. The number of imide groups is 1. The van der Waals surface area contributed by atoms with Gasteiger partial charge in [0.25, 0.3) is 5.91 Å². The quantitative estimate of drug-likeness (QED) is 0.650. The van der Waals surface area contributed by atoms with Gasteiger partial charge in [-0.25, -0.2) is 17.5 Å². The summed E-state index contributed by atoms with van der Waals surface area (Å²) in [6, 6.07) is 10.7. The van der Waals surface area contributed by atoms with Gasteiger partial charge in [0, 0.05) is 14.1 Å². The van der Waals surface area contributed by atoms with E-state index in [2.05, 4.69) is 10.1 Å². The normalized spacial score (nSPS) is 19.3. The molecule has 1 N–H and O–H groups in total. The number of carbonyl (C=O) groups excluding carboxylic acids is 2. The van der Waals surface area contributed by atoms with Crippen molar-refractivity contribution in [3.8, 4) is 5.75 Å². The fourth-order valence-electron chi connectivity index (χ4n) is 3.20. The van der Waals surface area contributed by atoms with E-state index in [-0.39, 0.29) is 17.2 Å². The Morgan fingerprint density at radius 3 is 2.35 bits per heavy atom. The van der Waals surface area contributed by atoms with Crippen LogP contribution in [-0.4, -0.2) is 50.3 Å². The number of ether oxygens (including phenoxy) is 1. The van der Waals surface area contributed by atoms with Crippen LogP contribution in [0.4, 0.5) is 13.6 Å². The Kier molecular flexibility index (Phi) is 6.01. The van der Waals surface area contributed by atoms with E-state index in [0.29, 0.717) is 11.1 Å². The molecule has 1 aliphatic rings. The average Bonchev–Trinajstić information content (AvgIpc) is 2.92. The molecule has 0 radical (unpaired) electrons. The minimum absolute atomic E-state index is 0.0411. The number of rotatable bonds is 7. The predicted octanol–water partition coefficient (Wildman–Crippen LogP) is 2.51. The van der Waals surface area contributed by atoms with Crippen LogP contribution >= 0.6 is 0 Å². The molecule has 0 saturated carbocycles. The number of hydrogen-bond acceptors (Lipinski definition) is 5. The van der Waals surface area contributed by atoms with E-state index >= 15 is 0 Å². The molecule has 3 rings (SSSR count). The molecule has 0 aliphatic carbocycles. The van der Waals surface area contributed by atoms with E-state index in [0.717, 1.165) is 9.21 Å². The fraction of sp³-hybridized carbons (Fsp3) is 0.300. The molecule has 8 nitrogen and oxygen atoms in total. The van der Waals surface area contributed by atoms with Crippen molar-refractivity contribution in [2.75, 3.05) is 14.1 Å². The Bertz CT molecular complexity index is 1110. The first kappa shape index (κ1) is 22.6. The average molecular weight is 453 g/mol. The monoisotopic (exact) mass is 453 g/mol. The van der Waals surface area contributed by atoms with Gasteiger partial charge in [-0.05, 0) is 42.3 Å². The third kappa shape index (κ3) is 4.37. The van der Waals surface area contributed by atoms with Gasteiger partial charge in [-0.15, -0.1) is 0 Å². The predicted molar refractivity (Wildman–Crippen MR) is 107 cm³/mol. The summed E-state index contributed by atoms with van der Waals surface area (Å²) in [5.74, 6) is -0.629. The summed E-state index contributed by atoms with van der Waals surface area (Å²) in [6.45, 7) is -1.61. The van der Waals surface area contributed by atoms with Crippen molar-refractivity contribution in [2.45, 2.75) is 30.5 Å². The molecule has 2 aromatic rings. The number of halogens is 2. The second-order valence-electron chi connectivity index (χ2n) is 7.28. The summed E-state index contributed by atoms with van der Waals surface area (Å²) in [5, 5.41) is 2.61. The summed E-state index contributed by atoms with van der Waals surface area (Å²) >= 11 is 0. The Balaban J connectivity index is 1.84. The van der Waals surface area contributed by atoms with Gasteiger partial charge in [0.2, 0.25) is 10.0 Å². The molecule has 1 heterocycles. The second kappa shape index (κ2) is 8.23. The van der Waals surface area contributed by atoms with Gasteiger partial charge in [-0.2, -0.15) is 8.78 Å². The number of sulfonamides is 1. The number of nitrogens with one attached hydrogen (secondary N) is 1. The lowest BCUT2D eigenvalue weighted by Gasteiger charge is -2.22. The fourth-order valence-corrected chi connectivity index (χ4v) is 4.18. The lowest BCUT2D eigenvalue weighted by molar-refractivity contribution is -0.131. The maximum atomic E-state index is 13.1.